The normalized spacial score (nSPS) is 19.7. The van der Waals surface area contributed by atoms with E-state index in [-0.39, 0.29) is 35.1 Å². The summed E-state index contributed by atoms with van der Waals surface area (Å²) < 4.78 is 18.3. The number of rotatable bonds is 3. The molecule has 1 aliphatic rings. The minimum absolute atomic E-state index is 0.0860. The van der Waals surface area contributed by atoms with E-state index in [1.807, 2.05) is 13.0 Å². The predicted octanol–water partition coefficient (Wildman–Crippen LogP) is 3.23. The number of nitrogens with zero attached hydrogens (tertiary/aromatic N) is 2. The lowest BCUT2D eigenvalue weighted by atomic mass is 9.95. The molecule has 0 spiro atoms. The number of carbonyl (C=O) groups is 2. The second-order valence-electron chi connectivity index (χ2n) is 6.16. The van der Waals surface area contributed by atoms with Crippen LogP contribution in [0.5, 0.6) is 0 Å². The second-order valence-corrected chi connectivity index (χ2v) is 6.16. The van der Waals surface area contributed by atoms with Gasteiger partial charge < -0.3 is 9.64 Å². The molecule has 5 nitrogen and oxygen atoms in total. The van der Waals surface area contributed by atoms with Gasteiger partial charge in [-0.05, 0) is 42.2 Å². The third-order valence-corrected chi connectivity index (χ3v) is 4.51. The van der Waals surface area contributed by atoms with Crippen molar-refractivity contribution in [2.75, 3.05) is 13.7 Å². The Hall–Kier alpha value is -2.76. The van der Waals surface area contributed by atoms with Crippen LogP contribution in [0, 0.1) is 11.7 Å². The molecule has 25 heavy (non-hydrogen) atoms. The summed E-state index contributed by atoms with van der Waals surface area (Å²) in [5.41, 5.74) is 1.03. The number of halogens is 1. The van der Waals surface area contributed by atoms with Gasteiger partial charge in [-0.3, -0.25) is 4.79 Å². The monoisotopic (exact) mass is 342 g/mol. The lowest BCUT2D eigenvalue weighted by Crippen LogP contribution is -2.32. The molecule has 0 bridgehead atoms. The van der Waals surface area contributed by atoms with E-state index in [2.05, 4.69) is 9.72 Å². The summed E-state index contributed by atoms with van der Waals surface area (Å²) in [5.74, 6) is -0.986. The first-order valence-corrected chi connectivity index (χ1v) is 8.13. The van der Waals surface area contributed by atoms with Crippen LogP contribution in [-0.2, 0) is 4.74 Å². The molecule has 0 saturated carbocycles. The molecule has 6 heteroatoms. The first kappa shape index (κ1) is 17.1. The van der Waals surface area contributed by atoms with Crippen molar-refractivity contribution in [3.63, 3.8) is 0 Å². The standard InChI is InChI=1S/C19H19FN2O3/c1-12-9-10-22(17(12)13-5-3-6-14(20)11-13)18(23)15-7-4-8-16(21-15)19(24)25-2/h3-8,11-12,17H,9-10H2,1-2H3. The van der Waals surface area contributed by atoms with E-state index < -0.39 is 5.97 Å². The van der Waals surface area contributed by atoms with Crippen molar-refractivity contribution in [1.29, 1.82) is 0 Å². The van der Waals surface area contributed by atoms with Crippen LogP contribution in [0.1, 0.15) is 45.9 Å². The largest absolute Gasteiger partial charge is 0.464 e. The van der Waals surface area contributed by atoms with E-state index in [0.717, 1.165) is 12.0 Å². The van der Waals surface area contributed by atoms with E-state index in [0.29, 0.717) is 6.54 Å². The Balaban J connectivity index is 1.92. The molecule has 1 aliphatic heterocycles. The van der Waals surface area contributed by atoms with Gasteiger partial charge in [-0.15, -0.1) is 0 Å². The maximum atomic E-state index is 13.6. The van der Waals surface area contributed by atoms with Gasteiger partial charge in [0.05, 0.1) is 13.2 Å². The smallest absolute Gasteiger partial charge is 0.356 e. The van der Waals surface area contributed by atoms with Gasteiger partial charge in [0.1, 0.15) is 17.2 Å². The summed E-state index contributed by atoms with van der Waals surface area (Å²) in [6, 6.07) is 10.8. The van der Waals surface area contributed by atoms with Crippen molar-refractivity contribution in [1.82, 2.24) is 9.88 Å². The first-order valence-electron chi connectivity index (χ1n) is 8.13. The van der Waals surface area contributed by atoms with Crippen LogP contribution >= 0.6 is 0 Å². The van der Waals surface area contributed by atoms with Crippen LogP contribution in [0.2, 0.25) is 0 Å². The van der Waals surface area contributed by atoms with Gasteiger partial charge in [-0.1, -0.05) is 25.1 Å². The summed E-state index contributed by atoms with van der Waals surface area (Å²) >= 11 is 0. The van der Waals surface area contributed by atoms with Gasteiger partial charge in [0.15, 0.2) is 0 Å². The van der Waals surface area contributed by atoms with Crippen LogP contribution in [0.3, 0.4) is 0 Å². The Morgan fingerprint density at radius 1 is 1.20 bits per heavy atom. The second kappa shape index (κ2) is 7.01. The number of aromatic nitrogens is 1. The fraction of sp³-hybridized carbons (Fsp3) is 0.316. The maximum Gasteiger partial charge on any atom is 0.356 e. The molecule has 0 N–H and O–H groups in total. The molecular weight excluding hydrogens is 323 g/mol. The Labute approximate surface area is 145 Å². The van der Waals surface area contributed by atoms with Crippen LogP contribution in [0.15, 0.2) is 42.5 Å². The molecule has 1 fully saturated rings. The summed E-state index contributed by atoms with van der Waals surface area (Å²) in [6.45, 7) is 2.60. The molecule has 0 aliphatic carbocycles. The minimum atomic E-state index is -0.592. The maximum absolute atomic E-state index is 13.6. The fourth-order valence-corrected chi connectivity index (χ4v) is 3.29. The number of methoxy groups -OCH3 is 1. The van der Waals surface area contributed by atoms with Gasteiger partial charge in [0.25, 0.3) is 5.91 Å². The van der Waals surface area contributed by atoms with Crippen molar-refractivity contribution in [2.45, 2.75) is 19.4 Å². The summed E-state index contributed by atoms with van der Waals surface area (Å²) in [5, 5.41) is 0. The van der Waals surface area contributed by atoms with Crippen molar-refractivity contribution in [3.8, 4) is 0 Å². The number of amides is 1. The van der Waals surface area contributed by atoms with E-state index in [1.165, 1.54) is 25.3 Å². The number of hydrogen-bond donors (Lipinski definition) is 0. The average molecular weight is 342 g/mol. The number of hydrogen-bond acceptors (Lipinski definition) is 4. The van der Waals surface area contributed by atoms with Gasteiger partial charge in [-0.2, -0.15) is 0 Å². The lowest BCUT2D eigenvalue weighted by molar-refractivity contribution is 0.0593. The highest BCUT2D eigenvalue weighted by molar-refractivity contribution is 5.95. The molecule has 2 heterocycles. The number of ether oxygens (including phenoxy) is 1. The molecule has 1 aromatic heterocycles. The van der Waals surface area contributed by atoms with Crippen LogP contribution in [0.4, 0.5) is 4.39 Å². The van der Waals surface area contributed by atoms with Crippen molar-refractivity contribution < 1.29 is 18.7 Å². The number of benzene rings is 1. The minimum Gasteiger partial charge on any atom is -0.464 e. The number of esters is 1. The average Bonchev–Trinajstić information content (AvgIpc) is 3.02. The van der Waals surface area contributed by atoms with E-state index in [9.17, 15) is 14.0 Å². The number of pyridine rings is 1. The molecule has 2 unspecified atom stereocenters. The molecular formula is C19H19FN2O3. The summed E-state index contributed by atoms with van der Waals surface area (Å²) in [7, 11) is 1.26. The van der Waals surface area contributed by atoms with Crippen molar-refractivity contribution >= 4 is 11.9 Å². The molecule has 3 rings (SSSR count). The SMILES string of the molecule is COC(=O)c1cccc(C(=O)N2CCC(C)C2c2cccc(F)c2)n1. The summed E-state index contributed by atoms with van der Waals surface area (Å²) in [6.07, 6.45) is 0.823. The highest BCUT2D eigenvalue weighted by Gasteiger charge is 2.36. The van der Waals surface area contributed by atoms with Gasteiger partial charge >= 0.3 is 5.97 Å². The molecule has 1 saturated heterocycles. The molecule has 1 aromatic carbocycles. The van der Waals surface area contributed by atoms with Gasteiger partial charge in [-0.25, -0.2) is 14.2 Å². The highest BCUT2D eigenvalue weighted by Crippen LogP contribution is 2.37. The van der Waals surface area contributed by atoms with Crippen LogP contribution < -0.4 is 0 Å². The highest BCUT2D eigenvalue weighted by atomic mass is 19.1. The Bertz CT molecular complexity index is 809. The topological polar surface area (TPSA) is 59.5 Å². The Kier molecular flexibility index (Phi) is 4.79. The van der Waals surface area contributed by atoms with Crippen molar-refractivity contribution in [3.05, 3.63) is 65.2 Å². The molecule has 0 radical (unpaired) electrons. The van der Waals surface area contributed by atoms with Gasteiger partial charge in [0, 0.05) is 6.54 Å². The zero-order valence-electron chi connectivity index (χ0n) is 14.1. The molecule has 1 amide bonds. The van der Waals surface area contributed by atoms with Crippen LogP contribution in [-0.4, -0.2) is 35.4 Å². The van der Waals surface area contributed by atoms with Crippen molar-refractivity contribution in [2.24, 2.45) is 5.92 Å². The van der Waals surface area contributed by atoms with E-state index >= 15 is 0 Å². The zero-order chi connectivity index (χ0) is 18.0. The first-order chi connectivity index (χ1) is 12.0. The Morgan fingerprint density at radius 2 is 1.92 bits per heavy atom. The third kappa shape index (κ3) is 3.38. The quantitative estimate of drug-likeness (QED) is 0.804. The Morgan fingerprint density at radius 3 is 2.64 bits per heavy atom. The molecule has 2 aromatic rings. The number of carbonyl (C=O) groups excluding carboxylic acids is 2. The van der Waals surface area contributed by atoms with Crippen LogP contribution in [0.25, 0.3) is 0 Å². The summed E-state index contributed by atoms with van der Waals surface area (Å²) in [4.78, 5) is 30.4. The lowest BCUT2D eigenvalue weighted by Gasteiger charge is -2.27. The third-order valence-electron chi connectivity index (χ3n) is 4.51. The molecule has 130 valence electrons. The molecule has 2 atom stereocenters. The predicted molar refractivity (Wildman–Crippen MR) is 89.5 cm³/mol. The number of likely N-dealkylation sites (tertiary alicyclic amines) is 1. The zero-order valence-corrected chi connectivity index (χ0v) is 14.1. The fourth-order valence-electron chi connectivity index (χ4n) is 3.29. The van der Waals surface area contributed by atoms with E-state index in [4.69, 9.17) is 0 Å². The van der Waals surface area contributed by atoms with Gasteiger partial charge in [0.2, 0.25) is 0 Å². The van der Waals surface area contributed by atoms with E-state index in [1.54, 1.807) is 23.1 Å².